The van der Waals surface area contributed by atoms with E-state index in [0.717, 1.165) is 17.6 Å². The number of anilines is 1. The largest absolute Gasteiger partial charge is 0.482 e. The van der Waals surface area contributed by atoms with E-state index >= 15 is 0 Å². The number of nitro benzene ring substituents is 1. The van der Waals surface area contributed by atoms with Gasteiger partial charge in [0.2, 0.25) is 0 Å². The van der Waals surface area contributed by atoms with E-state index in [1.807, 2.05) is 18.2 Å². The molecule has 1 N–H and O–H groups in total. The van der Waals surface area contributed by atoms with Crippen LogP contribution in [0.15, 0.2) is 66.7 Å². The van der Waals surface area contributed by atoms with Gasteiger partial charge < -0.3 is 14.8 Å². The Bertz CT molecular complexity index is 1790. The number of Topliss-reactive ketones (excluding diaryl/α,β-unsaturated/α-hetero) is 1. The molecular weight excluding hydrogens is 526 g/mol. The van der Waals surface area contributed by atoms with Gasteiger partial charge in [-0.2, -0.15) is 0 Å². The third-order valence-electron chi connectivity index (χ3n) is 7.07. The molecule has 0 atom stereocenters. The zero-order chi connectivity index (χ0) is 28.5. The fourth-order valence-electron chi connectivity index (χ4n) is 5.18. The summed E-state index contributed by atoms with van der Waals surface area (Å²) in [4.78, 5) is 53.8. The van der Waals surface area contributed by atoms with E-state index < -0.39 is 23.3 Å². The normalized spacial score (nSPS) is 14.9. The number of hydrogen-bond acceptors (Lipinski definition) is 8. The van der Waals surface area contributed by atoms with E-state index in [9.17, 15) is 24.5 Å². The summed E-state index contributed by atoms with van der Waals surface area (Å²) in [6.07, 6.45) is 3.88. The van der Waals surface area contributed by atoms with Gasteiger partial charge in [0.25, 0.3) is 11.6 Å². The number of fused-ring (bicyclic) bond motifs is 3. The van der Waals surface area contributed by atoms with Crippen LogP contribution >= 0.6 is 0 Å². The number of carbonyl (C=O) groups excluding carboxylic acids is 3. The van der Waals surface area contributed by atoms with Crippen LogP contribution in [0.4, 0.5) is 11.4 Å². The monoisotopic (exact) mass is 549 g/mol. The molecule has 2 aliphatic rings. The highest BCUT2D eigenvalue weighted by Crippen LogP contribution is 2.37. The van der Waals surface area contributed by atoms with Gasteiger partial charge in [0.05, 0.1) is 27.4 Å². The molecule has 0 fully saturated rings. The Kier molecular flexibility index (Phi) is 6.72. The summed E-state index contributed by atoms with van der Waals surface area (Å²) in [6, 6.07) is 18.2. The molecule has 10 nitrogen and oxygen atoms in total. The number of nitro groups is 1. The number of benzene rings is 3. The maximum absolute atomic E-state index is 13.6. The highest BCUT2D eigenvalue weighted by Gasteiger charge is 2.27. The molecule has 4 aromatic rings. The molecule has 0 saturated carbocycles. The second kappa shape index (κ2) is 10.6. The molecule has 41 heavy (non-hydrogen) atoms. The minimum atomic E-state index is -0.639. The van der Waals surface area contributed by atoms with Gasteiger partial charge >= 0.3 is 5.97 Å². The molecule has 204 valence electrons. The number of rotatable bonds is 6. The molecule has 6 rings (SSSR count). The van der Waals surface area contributed by atoms with Crippen molar-refractivity contribution in [3.63, 3.8) is 0 Å². The second-order valence-electron chi connectivity index (χ2n) is 9.75. The number of pyridine rings is 1. The number of para-hydroxylation sites is 1. The molecule has 1 aliphatic heterocycles. The number of ether oxygens (including phenoxy) is 2. The number of non-ortho nitro benzene ring substituents is 1. The Labute approximate surface area is 233 Å². The van der Waals surface area contributed by atoms with Crippen LogP contribution in [-0.2, 0) is 16.0 Å². The molecule has 10 heteroatoms. The smallest absolute Gasteiger partial charge is 0.339 e. The zero-order valence-electron chi connectivity index (χ0n) is 21.7. The maximum atomic E-state index is 13.6. The van der Waals surface area contributed by atoms with Crippen molar-refractivity contribution in [2.24, 2.45) is 0 Å². The van der Waals surface area contributed by atoms with Crippen molar-refractivity contribution in [2.75, 3.05) is 18.5 Å². The van der Waals surface area contributed by atoms with E-state index in [1.54, 1.807) is 36.4 Å². The summed E-state index contributed by atoms with van der Waals surface area (Å²) in [5.41, 5.74) is 4.49. The van der Waals surface area contributed by atoms with E-state index in [-0.39, 0.29) is 23.8 Å². The first kappa shape index (κ1) is 25.9. The number of esters is 1. The van der Waals surface area contributed by atoms with Gasteiger partial charge in [-0.3, -0.25) is 19.7 Å². The van der Waals surface area contributed by atoms with Crippen LogP contribution < -0.4 is 10.1 Å². The number of aromatic nitrogens is 1. The lowest BCUT2D eigenvalue weighted by molar-refractivity contribution is -0.384. The minimum Gasteiger partial charge on any atom is -0.482 e. The molecule has 3 aromatic carbocycles. The second-order valence-corrected chi connectivity index (χ2v) is 9.75. The molecule has 1 amide bonds. The van der Waals surface area contributed by atoms with Gasteiger partial charge in [-0.05, 0) is 66.3 Å². The number of nitrogens with one attached hydrogen (secondary N) is 1. The van der Waals surface area contributed by atoms with Crippen molar-refractivity contribution < 1.29 is 28.8 Å². The molecular formula is C31H23N3O7. The topological polar surface area (TPSA) is 138 Å². The molecule has 0 bridgehead atoms. The molecule has 0 radical (unpaired) electrons. The summed E-state index contributed by atoms with van der Waals surface area (Å²) >= 11 is 0. The lowest BCUT2D eigenvalue weighted by Gasteiger charge is -2.22. The number of ketones is 1. The van der Waals surface area contributed by atoms with Crippen LogP contribution in [0, 0.1) is 10.1 Å². The first-order valence-corrected chi connectivity index (χ1v) is 13.0. The molecule has 0 unspecified atom stereocenters. The number of carbonyl (C=O) groups is 3. The van der Waals surface area contributed by atoms with Gasteiger partial charge in [0.1, 0.15) is 5.75 Å². The van der Waals surface area contributed by atoms with Crippen molar-refractivity contribution >= 4 is 51.6 Å². The molecule has 1 aliphatic carbocycles. The van der Waals surface area contributed by atoms with E-state index in [1.165, 1.54) is 18.2 Å². The van der Waals surface area contributed by atoms with Crippen LogP contribution in [0.25, 0.3) is 22.6 Å². The highest BCUT2D eigenvalue weighted by molar-refractivity contribution is 6.08. The highest BCUT2D eigenvalue weighted by atomic mass is 16.6. The third kappa shape index (κ3) is 5.14. The van der Waals surface area contributed by atoms with Crippen LogP contribution in [0.2, 0.25) is 0 Å². The van der Waals surface area contributed by atoms with E-state index in [2.05, 4.69) is 5.32 Å². The minimum absolute atomic E-state index is 0.00961. The predicted octanol–water partition coefficient (Wildman–Crippen LogP) is 5.39. The number of amides is 1. The summed E-state index contributed by atoms with van der Waals surface area (Å²) in [5, 5.41) is 14.5. The number of hydrogen-bond donors (Lipinski definition) is 1. The number of allylic oxidation sites excluding steroid dienone is 1. The van der Waals surface area contributed by atoms with Crippen molar-refractivity contribution in [2.45, 2.75) is 19.3 Å². The van der Waals surface area contributed by atoms with E-state index in [0.29, 0.717) is 52.0 Å². The van der Waals surface area contributed by atoms with Crippen LogP contribution in [0.1, 0.15) is 50.4 Å². The predicted molar refractivity (Wildman–Crippen MR) is 151 cm³/mol. The molecule has 2 heterocycles. The summed E-state index contributed by atoms with van der Waals surface area (Å²) in [6.45, 7) is -0.585. The van der Waals surface area contributed by atoms with Gasteiger partial charge in [0.15, 0.2) is 19.0 Å². The lowest BCUT2D eigenvalue weighted by Crippen LogP contribution is -2.25. The zero-order valence-corrected chi connectivity index (χ0v) is 21.7. The summed E-state index contributed by atoms with van der Waals surface area (Å²) in [7, 11) is 0. The van der Waals surface area contributed by atoms with Gasteiger partial charge in [-0.1, -0.05) is 30.3 Å². The van der Waals surface area contributed by atoms with Crippen LogP contribution in [-0.4, -0.2) is 40.8 Å². The Morgan fingerprint density at radius 3 is 2.78 bits per heavy atom. The van der Waals surface area contributed by atoms with Crippen LogP contribution in [0.5, 0.6) is 5.75 Å². The Hall–Kier alpha value is -5.38. The SMILES string of the molecule is O=C1COc2ccc(C(=O)COC(=O)c3c4c(nc5ccccc35)/C(=C/c3cccc([N+](=O)[O-])c3)CCC4)cc2N1. The Morgan fingerprint density at radius 1 is 1.07 bits per heavy atom. The average molecular weight is 550 g/mol. The fourth-order valence-corrected chi connectivity index (χ4v) is 5.18. The van der Waals surface area contributed by atoms with Crippen molar-refractivity contribution in [3.8, 4) is 5.75 Å². The van der Waals surface area contributed by atoms with Crippen molar-refractivity contribution in [1.82, 2.24) is 4.98 Å². The maximum Gasteiger partial charge on any atom is 0.339 e. The Balaban J connectivity index is 1.32. The van der Waals surface area contributed by atoms with Gasteiger partial charge in [0, 0.05) is 23.1 Å². The quantitative estimate of drug-likeness (QED) is 0.146. The molecule has 0 spiro atoms. The van der Waals surface area contributed by atoms with Crippen molar-refractivity contribution in [1.29, 1.82) is 0 Å². The van der Waals surface area contributed by atoms with Gasteiger partial charge in [-0.25, -0.2) is 9.78 Å². The lowest BCUT2D eigenvalue weighted by atomic mass is 9.86. The summed E-state index contributed by atoms with van der Waals surface area (Å²) < 4.78 is 10.9. The third-order valence-corrected chi connectivity index (χ3v) is 7.07. The van der Waals surface area contributed by atoms with Gasteiger partial charge in [-0.15, -0.1) is 0 Å². The van der Waals surface area contributed by atoms with Crippen molar-refractivity contribution in [3.05, 3.63) is 105 Å². The Morgan fingerprint density at radius 2 is 1.93 bits per heavy atom. The molecule has 0 saturated heterocycles. The standard InChI is InChI=1S/C31H23N3O7/c35-26(19-11-12-27-25(15-19)32-28(36)17-40-27)16-41-31(37)29-22-8-1-2-10-24(22)33-30-20(6-4-9-23(29)30)13-18-5-3-7-21(14-18)34(38)39/h1-3,5,7-8,10-15H,4,6,9,16-17H2,(H,32,36)/b20-13+. The number of nitrogens with zero attached hydrogens (tertiary/aromatic N) is 2. The first-order chi connectivity index (χ1) is 19.9. The summed E-state index contributed by atoms with van der Waals surface area (Å²) in [5.74, 6) is -0.928. The first-order valence-electron chi connectivity index (χ1n) is 13.0. The van der Waals surface area contributed by atoms with Crippen LogP contribution in [0.3, 0.4) is 0 Å². The molecule has 1 aromatic heterocycles. The van der Waals surface area contributed by atoms with E-state index in [4.69, 9.17) is 14.5 Å². The fraction of sp³-hybridized carbons (Fsp3) is 0.161. The average Bonchev–Trinajstić information content (AvgIpc) is 2.98.